The van der Waals surface area contributed by atoms with E-state index in [2.05, 4.69) is 30.2 Å². The highest BCUT2D eigenvalue weighted by Crippen LogP contribution is 2.62. The van der Waals surface area contributed by atoms with Crippen molar-refractivity contribution in [3.05, 3.63) is 35.4 Å². The van der Waals surface area contributed by atoms with E-state index in [0.29, 0.717) is 24.3 Å². The van der Waals surface area contributed by atoms with Gasteiger partial charge in [-0.1, -0.05) is 31.1 Å². The molecule has 5 atom stereocenters. The number of carbonyl (C=O) groups is 1. The van der Waals surface area contributed by atoms with E-state index in [1.54, 1.807) is 0 Å². The number of aliphatic hydroxyl groups is 1. The number of likely N-dealkylation sites (tertiary alicyclic amines) is 1. The lowest BCUT2D eigenvalue weighted by atomic mass is 9.53. The van der Waals surface area contributed by atoms with Crippen LogP contribution in [0.15, 0.2) is 24.3 Å². The first-order chi connectivity index (χ1) is 15.1. The Hall–Kier alpha value is -1.89. The molecule has 1 spiro atoms. The monoisotopic (exact) mass is 427 g/mol. The molecular weight excluding hydrogens is 394 g/mol. The summed E-state index contributed by atoms with van der Waals surface area (Å²) in [5, 5.41) is 8.95. The van der Waals surface area contributed by atoms with Gasteiger partial charge in [0.1, 0.15) is 12.2 Å². The Kier molecular flexibility index (Phi) is 5.57. The number of nitrogens with zero attached hydrogens (tertiary/aromatic N) is 1. The molecule has 1 fully saturated rings. The second kappa shape index (κ2) is 8.23. The molecule has 1 saturated heterocycles. The Bertz CT molecular complexity index is 883. The molecule has 1 aromatic rings. The van der Waals surface area contributed by atoms with Gasteiger partial charge in [0.25, 0.3) is 0 Å². The Balaban J connectivity index is 1.46. The van der Waals surface area contributed by atoms with Crippen molar-refractivity contribution in [2.75, 3.05) is 26.8 Å². The summed E-state index contributed by atoms with van der Waals surface area (Å²) in [6, 6.07) is 4.47. The van der Waals surface area contributed by atoms with Crippen LogP contribution < -0.4 is 9.47 Å². The molecule has 4 aliphatic rings. The molecule has 6 nitrogen and oxygen atoms in total. The van der Waals surface area contributed by atoms with Crippen molar-refractivity contribution in [1.29, 1.82) is 0 Å². The van der Waals surface area contributed by atoms with Gasteiger partial charge in [-0.3, -0.25) is 4.79 Å². The van der Waals surface area contributed by atoms with E-state index in [-0.39, 0.29) is 30.2 Å². The smallest absolute Gasteiger partial charge is 0.308 e. The topological polar surface area (TPSA) is 68.2 Å². The van der Waals surface area contributed by atoms with Gasteiger partial charge in [-0.05, 0) is 50.9 Å². The summed E-state index contributed by atoms with van der Waals surface area (Å²) in [6.45, 7) is 3.40. The predicted molar refractivity (Wildman–Crippen MR) is 117 cm³/mol. The first kappa shape index (κ1) is 21.0. The van der Waals surface area contributed by atoms with E-state index in [4.69, 9.17) is 19.3 Å². The third-order valence-electron chi connectivity index (χ3n) is 7.73. The zero-order chi connectivity index (χ0) is 21.6. The van der Waals surface area contributed by atoms with E-state index in [0.717, 1.165) is 50.8 Å². The van der Waals surface area contributed by atoms with Crippen molar-refractivity contribution in [1.82, 2.24) is 4.90 Å². The molecule has 2 unspecified atom stereocenters. The van der Waals surface area contributed by atoms with E-state index < -0.39 is 0 Å². The van der Waals surface area contributed by atoms with Crippen molar-refractivity contribution in [2.45, 2.75) is 69.1 Å². The van der Waals surface area contributed by atoms with Crippen molar-refractivity contribution >= 4 is 5.97 Å². The quantitative estimate of drug-likeness (QED) is 0.298. The maximum absolute atomic E-state index is 11.7. The number of likely N-dealkylation sites (N-methyl/N-ethyl adjacent to an activating group) is 1. The highest BCUT2D eigenvalue weighted by Gasteiger charge is 2.64. The highest BCUT2D eigenvalue weighted by atomic mass is 16.6. The maximum Gasteiger partial charge on any atom is 0.308 e. The molecule has 2 aliphatic carbocycles. The van der Waals surface area contributed by atoms with Crippen LogP contribution in [0.5, 0.6) is 11.5 Å². The molecule has 0 saturated carbocycles. The molecule has 1 N–H and O–H groups in total. The molecule has 0 radical (unpaired) electrons. The Morgan fingerprint density at radius 2 is 2.10 bits per heavy atom. The van der Waals surface area contributed by atoms with E-state index in [1.807, 2.05) is 6.07 Å². The average Bonchev–Trinajstić information content (AvgIpc) is 3.10. The highest BCUT2D eigenvalue weighted by molar-refractivity contribution is 5.72. The summed E-state index contributed by atoms with van der Waals surface area (Å²) in [5.74, 6) is 1.34. The second-order valence-electron chi connectivity index (χ2n) is 9.49. The zero-order valence-corrected chi connectivity index (χ0v) is 18.5. The number of esters is 1. The minimum absolute atomic E-state index is 0.0955. The molecule has 0 aromatic heterocycles. The third kappa shape index (κ3) is 3.31. The fourth-order valence-electron chi connectivity index (χ4n) is 6.37. The molecule has 1 aromatic carbocycles. The van der Waals surface area contributed by atoms with Crippen LogP contribution in [0.3, 0.4) is 0 Å². The Morgan fingerprint density at radius 1 is 1.26 bits per heavy atom. The number of ether oxygens (including phenoxy) is 3. The van der Waals surface area contributed by atoms with E-state index in [9.17, 15) is 4.79 Å². The average molecular weight is 428 g/mol. The summed E-state index contributed by atoms with van der Waals surface area (Å²) in [4.78, 5) is 14.2. The Morgan fingerprint density at radius 3 is 2.90 bits per heavy atom. The lowest BCUT2D eigenvalue weighted by molar-refractivity contribution is -0.132. The standard InChI is InChI=1S/C25H33NO5/c1-16(28)30-20-9-7-17-15-19-18-8-10-21(29-14-6-4-3-5-13-27)24-25(18,11-12-26(19)2)22(17)23(20)31-24/h7-10,18-19,21,24,27H,3-6,11-15H2,1-2H3/t18-,19+,21?,24?,25-/m0/s1. The van der Waals surface area contributed by atoms with Gasteiger partial charge in [0.15, 0.2) is 11.5 Å². The van der Waals surface area contributed by atoms with Crippen LogP contribution in [0, 0.1) is 5.92 Å². The molecule has 5 rings (SSSR count). The number of piperidine rings is 1. The van der Waals surface area contributed by atoms with Crippen LogP contribution in [0.25, 0.3) is 0 Å². The number of aliphatic hydroxyl groups excluding tert-OH is 1. The molecule has 0 amide bonds. The van der Waals surface area contributed by atoms with Gasteiger partial charge in [0.05, 0.1) is 0 Å². The number of carbonyl (C=O) groups excluding carboxylic acids is 1. The lowest BCUT2D eigenvalue weighted by Crippen LogP contribution is -2.65. The van der Waals surface area contributed by atoms with Crippen LogP contribution in [0.2, 0.25) is 0 Å². The summed E-state index contributed by atoms with van der Waals surface area (Å²) in [5.41, 5.74) is 2.46. The van der Waals surface area contributed by atoms with Gasteiger partial charge in [-0.25, -0.2) is 0 Å². The Labute approximate surface area is 184 Å². The first-order valence-corrected chi connectivity index (χ1v) is 11.7. The van der Waals surface area contributed by atoms with Crippen LogP contribution in [0.1, 0.15) is 50.2 Å². The van der Waals surface area contributed by atoms with Crippen LogP contribution in [0.4, 0.5) is 0 Å². The number of unbranched alkanes of at least 4 members (excludes halogenated alkanes) is 3. The van der Waals surface area contributed by atoms with Crippen LogP contribution in [-0.2, 0) is 21.4 Å². The largest absolute Gasteiger partial charge is 0.482 e. The van der Waals surface area contributed by atoms with Gasteiger partial charge in [0.2, 0.25) is 0 Å². The van der Waals surface area contributed by atoms with Crippen LogP contribution in [-0.4, -0.2) is 61.0 Å². The second-order valence-corrected chi connectivity index (χ2v) is 9.49. The maximum atomic E-state index is 11.7. The van der Waals surface area contributed by atoms with Crippen LogP contribution >= 0.6 is 0 Å². The molecular formula is C25H33NO5. The van der Waals surface area contributed by atoms with Gasteiger partial charge < -0.3 is 24.2 Å². The normalized spacial score (nSPS) is 32.5. The van der Waals surface area contributed by atoms with Gasteiger partial charge in [-0.15, -0.1) is 0 Å². The van der Waals surface area contributed by atoms with Crippen molar-refractivity contribution in [3.8, 4) is 11.5 Å². The molecule has 168 valence electrons. The summed E-state index contributed by atoms with van der Waals surface area (Å²) in [7, 11) is 2.23. The van der Waals surface area contributed by atoms with Crippen molar-refractivity contribution in [2.24, 2.45) is 5.92 Å². The summed E-state index contributed by atoms with van der Waals surface area (Å²) >= 11 is 0. The molecule has 2 bridgehead atoms. The van der Waals surface area contributed by atoms with E-state index in [1.165, 1.54) is 18.1 Å². The van der Waals surface area contributed by atoms with Gasteiger partial charge in [0, 0.05) is 43.1 Å². The number of rotatable bonds is 8. The number of benzene rings is 1. The van der Waals surface area contributed by atoms with Crippen molar-refractivity contribution < 1.29 is 24.1 Å². The lowest BCUT2D eigenvalue weighted by Gasteiger charge is -2.56. The molecule has 6 heteroatoms. The van der Waals surface area contributed by atoms with E-state index >= 15 is 0 Å². The molecule has 2 heterocycles. The van der Waals surface area contributed by atoms with Gasteiger partial charge in [-0.2, -0.15) is 0 Å². The SMILES string of the molecule is CC(=O)Oc1ccc2c3c1OC1C(OCCCCCCO)C=C[C@H]4[C@@H](C2)N(C)CC[C@]314. The number of hydrogen-bond donors (Lipinski definition) is 1. The number of hydrogen-bond acceptors (Lipinski definition) is 6. The first-order valence-electron chi connectivity index (χ1n) is 11.7. The third-order valence-corrected chi connectivity index (χ3v) is 7.73. The fourth-order valence-corrected chi connectivity index (χ4v) is 6.37. The zero-order valence-electron chi connectivity index (χ0n) is 18.5. The molecule has 31 heavy (non-hydrogen) atoms. The minimum Gasteiger partial charge on any atom is -0.482 e. The summed E-state index contributed by atoms with van der Waals surface area (Å²) in [6.07, 6.45) is 10.3. The predicted octanol–water partition coefficient (Wildman–Crippen LogP) is 2.99. The minimum atomic E-state index is -0.324. The molecule has 2 aliphatic heterocycles. The van der Waals surface area contributed by atoms with Gasteiger partial charge >= 0.3 is 5.97 Å². The summed E-state index contributed by atoms with van der Waals surface area (Å²) < 4.78 is 18.6. The fraction of sp³-hybridized carbons (Fsp3) is 0.640. The van der Waals surface area contributed by atoms with Crippen molar-refractivity contribution in [3.63, 3.8) is 0 Å².